The molecule has 0 spiro atoms. The van der Waals surface area contributed by atoms with Gasteiger partial charge in [0.25, 0.3) is 0 Å². The van der Waals surface area contributed by atoms with Crippen LogP contribution in [0, 0.1) is 0 Å². The molecule has 9 heteroatoms. The van der Waals surface area contributed by atoms with Gasteiger partial charge in [-0.25, -0.2) is 4.79 Å². The first-order valence-corrected chi connectivity index (χ1v) is 12.6. The Balaban J connectivity index is 1.62. The van der Waals surface area contributed by atoms with Gasteiger partial charge in [-0.05, 0) is 53.6 Å². The molecule has 38 heavy (non-hydrogen) atoms. The van der Waals surface area contributed by atoms with E-state index in [-0.39, 0.29) is 12.1 Å². The van der Waals surface area contributed by atoms with Gasteiger partial charge in [-0.3, -0.25) is 4.90 Å². The van der Waals surface area contributed by atoms with E-state index >= 15 is 0 Å². The highest BCUT2D eigenvalue weighted by atomic mass is 16.5. The molecule has 1 atom stereocenters. The van der Waals surface area contributed by atoms with E-state index in [0.717, 1.165) is 41.3 Å². The molecule has 4 rings (SSSR count). The van der Waals surface area contributed by atoms with Crippen molar-refractivity contribution in [2.24, 2.45) is 0 Å². The van der Waals surface area contributed by atoms with E-state index < -0.39 is 0 Å². The average Bonchev–Trinajstić information content (AvgIpc) is 3.26. The zero-order chi connectivity index (χ0) is 27.1. The highest BCUT2D eigenvalue weighted by Crippen LogP contribution is 2.37. The van der Waals surface area contributed by atoms with Gasteiger partial charge >= 0.3 is 6.03 Å². The molecule has 0 aliphatic carbocycles. The Bertz CT molecular complexity index is 1190. The van der Waals surface area contributed by atoms with Crippen molar-refractivity contribution in [1.29, 1.82) is 0 Å². The number of ether oxygens (including phenoxy) is 3. The Morgan fingerprint density at radius 3 is 2.11 bits per heavy atom. The zero-order valence-corrected chi connectivity index (χ0v) is 22.3. The second-order valence-electron chi connectivity index (χ2n) is 9.27. The Hall–Kier alpha value is -3.95. The van der Waals surface area contributed by atoms with Gasteiger partial charge in [-0.1, -0.05) is 24.3 Å². The lowest BCUT2D eigenvalue weighted by Crippen LogP contribution is -2.32. The summed E-state index contributed by atoms with van der Waals surface area (Å²) in [5, 5.41) is 0. The van der Waals surface area contributed by atoms with E-state index in [1.807, 2.05) is 40.1 Å². The van der Waals surface area contributed by atoms with Crippen LogP contribution in [-0.4, -0.2) is 65.1 Å². The summed E-state index contributed by atoms with van der Waals surface area (Å²) in [6.45, 7) is 3.78. The maximum Gasteiger partial charge on any atom is 0.325 e. The number of anilines is 4. The van der Waals surface area contributed by atoms with E-state index in [0.29, 0.717) is 37.7 Å². The first-order valence-electron chi connectivity index (χ1n) is 12.6. The molecule has 1 unspecified atom stereocenters. The normalized spacial score (nSPS) is 15.2. The molecule has 4 N–H and O–H groups in total. The van der Waals surface area contributed by atoms with Gasteiger partial charge in [0.1, 0.15) is 5.75 Å². The fourth-order valence-electron chi connectivity index (χ4n) is 4.67. The third-order valence-electron chi connectivity index (χ3n) is 6.84. The van der Waals surface area contributed by atoms with E-state index in [4.69, 9.17) is 25.7 Å². The summed E-state index contributed by atoms with van der Waals surface area (Å²) in [7, 11) is 5.04. The molecule has 3 aromatic rings. The maximum atomic E-state index is 13.7. The summed E-state index contributed by atoms with van der Waals surface area (Å²) < 4.78 is 15.8. The highest BCUT2D eigenvalue weighted by molar-refractivity contribution is 5.96. The molecule has 0 aromatic heterocycles. The fraction of sp³-hybridized carbons (Fsp3) is 0.345. The molecular formula is C29H37N5O4. The highest BCUT2D eigenvalue weighted by Gasteiger charge is 2.39. The monoisotopic (exact) mass is 519 g/mol. The lowest BCUT2D eigenvalue weighted by Gasteiger charge is -2.26. The summed E-state index contributed by atoms with van der Waals surface area (Å²) in [4.78, 5) is 19.6. The lowest BCUT2D eigenvalue weighted by atomic mass is 10.0. The quantitative estimate of drug-likeness (QED) is 0.346. The number of rotatable bonds is 12. The van der Waals surface area contributed by atoms with Gasteiger partial charge in [0.2, 0.25) is 0 Å². The summed E-state index contributed by atoms with van der Waals surface area (Å²) in [5.74, 6) is 0.781. The lowest BCUT2D eigenvalue weighted by molar-refractivity contribution is 0.190. The number of nitrogens with two attached hydrogens (primary N) is 2. The Morgan fingerprint density at radius 2 is 1.53 bits per heavy atom. The van der Waals surface area contributed by atoms with Crippen LogP contribution in [0.3, 0.4) is 0 Å². The van der Waals surface area contributed by atoms with Crippen LogP contribution in [0.2, 0.25) is 0 Å². The smallest absolute Gasteiger partial charge is 0.325 e. The summed E-state index contributed by atoms with van der Waals surface area (Å²) in [6, 6.07) is 21.2. The minimum absolute atomic E-state index is 0.0825. The van der Waals surface area contributed by atoms with Gasteiger partial charge < -0.3 is 35.5 Å². The fourth-order valence-corrected chi connectivity index (χ4v) is 4.67. The van der Waals surface area contributed by atoms with Gasteiger partial charge in [0.05, 0.1) is 37.7 Å². The molecule has 3 aromatic carbocycles. The molecule has 0 radical (unpaired) electrons. The van der Waals surface area contributed by atoms with E-state index in [9.17, 15) is 4.79 Å². The maximum absolute atomic E-state index is 13.7. The van der Waals surface area contributed by atoms with Gasteiger partial charge in [-0.2, -0.15) is 0 Å². The Kier molecular flexibility index (Phi) is 8.93. The van der Waals surface area contributed by atoms with Crippen molar-refractivity contribution in [1.82, 2.24) is 4.90 Å². The van der Waals surface area contributed by atoms with Gasteiger partial charge in [0, 0.05) is 51.8 Å². The summed E-state index contributed by atoms with van der Waals surface area (Å²) >= 11 is 0. The molecule has 1 aliphatic rings. The minimum Gasteiger partial charge on any atom is -0.497 e. The Labute approximate surface area is 224 Å². The van der Waals surface area contributed by atoms with Crippen LogP contribution in [-0.2, 0) is 16.0 Å². The van der Waals surface area contributed by atoms with E-state index in [1.54, 1.807) is 33.5 Å². The number of benzene rings is 3. The van der Waals surface area contributed by atoms with Crippen molar-refractivity contribution in [2.45, 2.75) is 12.6 Å². The van der Waals surface area contributed by atoms with E-state index in [1.165, 1.54) is 0 Å². The number of carbonyl (C=O) groups is 1. The SMILES string of the molecule is COCCN(CCOC)c1ccc(C2CN(Cc3ccc(OC)cc3)C(=O)N2c2ccc(N)c(N)c2)cc1. The second kappa shape index (κ2) is 12.5. The number of nitrogen functional groups attached to an aromatic ring is 2. The van der Waals surface area contributed by atoms with Crippen LogP contribution in [0.5, 0.6) is 5.75 Å². The molecule has 1 heterocycles. The molecule has 1 saturated heterocycles. The van der Waals surface area contributed by atoms with Gasteiger partial charge in [0.15, 0.2) is 0 Å². The first kappa shape index (κ1) is 27.1. The zero-order valence-electron chi connectivity index (χ0n) is 22.3. The number of methoxy groups -OCH3 is 3. The third-order valence-corrected chi connectivity index (χ3v) is 6.84. The minimum atomic E-state index is -0.191. The molecule has 1 aliphatic heterocycles. The molecule has 202 valence electrons. The van der Waals surface area contributed by atoms with Crippen molar-refractivity contribution in [3.05, 3.63) is 77.9 Å². The van der Waals surface area contributed by atoms with Crippen molar-refractivity contribution < 1.29 is 19.0 Å². The van der Waals surface area contributed by atoms with Crippen LogP contribution in [0.4, 0.5) is 27.5 Å². The molecule has 2 amide bonds. The predicted octanol–water partition coefficient (Wildman–Crippen LogP) is 4.14. The number of nitrogens with zero attached hydrogens (tertiary/aromatic N) is 3. The van der Waals surface area contributed by atoms with Crippen molar-refractivity contribution in [3.8, 4) is 5.75 Å². The standard InChI is InChI=1S/C29H37N5O4/c1-36-16-14-32(15-17-37-2)23-8-6-22(7-9-23)28-20-33(19-21-4-11-25(38-3)12-5-21)29(35)34(28)24-10-13-26(30)27(31)18-24/h4-13,18,28H,14-17,19-20,30-31H2,1-3H3. The number of amides is 2. The summed E-state index contributed by atoms with van der Waals surface area (Å²) in [5.41, 5.74) is 16.9. The van der Waals surface area contributed by atoms with Crippen molar-refractivity contribution >= 4 is 28.8 Å². The third kappa shape index (κ3) is 6.12. The molecule has 0 saturated carbocycles. The van der Waals surface area contributed by atoms with Crippen molar-refractivity contribution in [3.63, 3.8) is 0 Å². The van der Waals surface area contributed by atoms with Crippen LogP contribution in [0.25, 0.3) is 0 Å². The van der Waals surface area contributed by atoms with Gasteiger partial charge in [-0.15, -0.1) is 0 Å². The van der Waals surface area contributed by atoms with Crippen LogP contribution >= 0.6 is 0 Å². The second-order valence-corrected chi connectivity index (χ2v) is 9.27. The van der Waals surface area contributed by atoms with Crippen LogP contribution in [0.1, 0.15) is 17.2 Å². The predicted molar refractivity (Wildman–Crippen MR) is 152 cm³/mol. The van der Waals surface area contributed by atoms with Crippen LogP contribution in [0.15, 0.2) is 66.7 Å². The number of hydrogen-bond donors (Lipinski definition) is 2. The number of hydrogen-bond acceptors (Lipinski definition) is 7. The van der Waals surface area contributed by atoms with Crippen LogP contribution < -0.4 is 26.0 Å². The largest absolute Gasteiger partial charge is 0.497 e. The first-order chi connectivity index (χ1) is 18.4. The summed E-state index contributed by atoms with van der Waals surface area (Å²) in [6.07, 6.45) is 0. The topological polar surface area (TPSA) is 107 Å². The number of urea groups is 1. The molecule has 9 nitrogen and oxygen atoms in total. The molecular weight excluding hydrogens is 482 g/mol. The van der Waals surface area contributed by atoms with Crippen molar-refractivity contribution in [2.75, 3.05) is 75.4 Å². The molecule has 1 fully saturated rings. The Morgan fingerprint density at radius 1 is 0.868 bits per heavy atom. The van der Waals surface area contributed by atoms with E-state index in [2.05, 4.69) is 29.2 Å². The average molecular weight is 520 g/mol. The molecule has 0 bridgehead atoms. The number of carbonyl (C=O) groups excluding carboxylic acids is 1.